The highest BCUT2D eigenvalue weighted by molar-refractivity contribution is 7.32. The first-order chi connectivity index (χ1) is 7.17. The molecule has 1 atom stereocenters. The third kappa shape index (κ3) is 3.47. The number of rotatable bonds is 5. The minimum atomic E-state index is -2.57. The summed E-state index contributed by atoms with van der Waals surface area (Å²) < 4.78 is 25.0. The molecule has 0 amide bonds. The number of benzene rings is 1. The van der Waals surface area contributed by atoms with Gasteiger partial charge in [0.15, 0.2) is 11.5 Å². The maximum atomic E-state index is 10.3. The molecule has 1 N–H and O–H groups in total. The fourth-order valence-electron chi connectivity index (χ4n) is 1.10. The lowest BCUT2D eigenvalue weighted by Crippen LogP contribution is -1.93. The predicted octanol–water partition coefficient (Wildman–Crippen LogP) is 1.87. The van der Waals surface area contributed by atoms with Gasteiger partial charge in [0.1, 0.15) is 6.61 Å². The van der Waals surface area contributed by atoms with Gasteiger partial charge in [0.2, 0.25) is 0 Å². The topological polar surface area (TPSA) is 65.0 Å². The van der Waals surface area contributed by atoms with Gasteiger partial charge in [-0.15, -0.1) is 9.42 Å². The lowest BCUT2D eigenvalue weighted by atomic mass is 10.2. The van der Waals surface area contributed by atoms with E-state index in [-0.39, 0.29) is 6.61 Å². The number of methoxy groups -OCH3 is 2. The van der Waals surface area contributed by atoms with Crippen molar-refractivity contribution in [2.45, 2.75) is 6.61 Å². The predicted molar refractivity (Wildman–Crippen MR) is 54.2 cm³/mol. The van der Waals surface area contributed by atoms with Crippen molar-refractivity contribution < 1.29 is 23.5 Å². The molecule has 0 spiro atoms. The summed E-state index contributed by atoms with van der Waals surface area (Å²) in [5, 5.41) is 0. The first-order valence-electron chi connectivity index (χ1n) is 4.17. The van der Waals surface area contributed by atoms with Crippen molar-refractivity contribution in [3.8, 4) is 11.5 Å². The molecule has 0 aromatic heterocycles. The Hall–Kier alpha value is -1.16. The number of hydrogen-bond donors (Lipinski definition) is 1. The van der Waals surface area contributed by atoms with Gasteiger partial charge in [-0.3, -0.25) is 0 Å². The van der Waals surface area contributed by atoms with E-state index in [9.17, 15) is 4.57 Å². The van der Waals surface area contributed by atoms with E-state index in [2.05, 4.69) is 4.52 Å². The van der Waals surface area contributed by atoms with Crippen LogP contribution in [-0.4, -0.2) is 19.1 Å². The molecule has 0 saturated heterocycles. The Balaban J connectivity index is 2.78. The van der Waals surface area contributed by atoms with E-state index in [4.69, 9.17) is 14.4 Å². The summed E-state index contributed by atoms with van der Waals surface area (Å²) in [6, 6.07) is 5.14. The summed E-state index contributed by atoms with van der Waals surface area (Å²) in [5.41, 5.74) is 0.741. The van der Waals surface area contributed by atoms with Crippen molar-refractivity contribution >= 4 is 8.25 Å². The summed E-state index contributed by atoms with van der Waals surface area (Å²) >= 11 is 0. The van der Waals surface area contributed by atoms with Crippen LogP contribution in [0.5, 0.6) is 11.5 Å². The van der Waals surface area contributed by atoms with E-state index >= 15 is 0 Å². The molecular weight excluding hydrogens is 219 g/mol. The van der Waals surface area contributed by atoms with Crippen LogP contribution in [0.2, 0.25) is 0 Å². The zero-order valence-corrected chi connectivity index (χ0v) is 9.36. The SMILES string of the molecule is COc1ccc(CO[P+](=O)O)cc1OC. The van der Waals surface area contributed by atoms with Gasteiger partial charge in [0.25, 0.3) is 0 Å². The normalized spacial score (nSPS) is 11.0. The molecule has 5 nitrogen and oxygen atoms in total. The van der Waals surface area contributed by atoms with Crippen molar-refractivity contribution in [1.29, 1.82) is 0 Å². The Labute approximate surface area is 88.5 Å². The molecule has 0 radical (unpaired) electrons. The Kier molecular flexibility index (Phi) is 4.49. The van der Waals surface area contributed by atoms with Crippen LogP contribution in [0.4, 0.5) is 0 Å². The van der Waals surface area contributed by atoms with E-state index in [1.165, 1.54) is 7.11 Å². The second-order valence-corrected chi connectivity index (χ2v) is 3.43. The molecule has 82 valence electrons. The monoisotopic (exact) mass is 231 g/mol. The van der Waals surface area contributed by atoms with Crippen LogP contribution in [0.15, 0.2) is 18.2 Å². The average molecular weight is 231 g/mol. The van der Waals surface area contributed by atoms with Crippen molar-refractivity contribution in [2.75, 3.05) is 14.2 Å². The van der Waals surface area contributed by atoms with Crippen LogP contribution in [0.1, 0.15) is 5.56 Å². The second kappa shape index (κ2) is 5.66. The van der Waals surface area contributed by atoms with Crippen molar-refractivity contribution in [1.82, 2.24) is 0 Å². The third-order valence-electron chi connectivity index (χ3n) is 1.79. The fourth-order valence-corrected chi connectivity index (χ4v) is 1.36. The summed E-state index contributed by atoms with van der Waals surface area (Å²) in [4.78, 5) is 8.47. The summed E-state index contributed by atoms with van der Waals surface area (Å²) in [6.07, 6.45) is 0. The van der Waals surface area contributed by atoms with Crippen molar-refractivity contribution in [2.24, 2.45) is 0 Å². The molecular formula is C9H12O5P+. The smallest absolute Gasteiger partial charge is 0.493 e. The minimum Gasteiger partial charge on any atom is -0.493 e. The van der Waals surface area contributed by atoms with Gasteiger partial charge in [-0.2, -0.15) is 0 Å². The van der Waals surface area contributed by atoms with Gasteiger partial charge in [-0.1, -0.05) is 6.07 Å². The van der Waals surface area contributed by atoms with E-state index in [0.717, 1.165) is 5.56 Å². The highest BCUT2D eigenvalue weighted by Crippen LogP contribution is 2.28. The zero-order valence-electron chi connectivity index (χ0n) is 8.47. The van der Waals surface area contributed by atoms with Crippen LogP contribution in [0.3, 0.4) is 0 Å². The lowest BCUT2D eigenvalue weighted by Gasteiger charge is -2.07. The van der Waals surface area contributed by atoms with Gasteiger partial charge in [0, 0.05) is 4.57 Å². The molecule has 0 saturated carbocycles. The molecule has 6 heteroatoms. The van der Waals surface area contributed by atoms with E-state index in [1.54, 1.807) is 25.3 Å². The standard InChI is InChI=1S/C9H11O5P/c1-12-8-4-3-7(5-9(8)13-2)6-14-15(10)11/h3-5H,6H2,1-2H3/p+1. The molecule has 1 rings (SSSR count). The Morgan fingerprint density at radius 2 is 1.93 bits per heavy atom. The largest absolute Gasteiger partial charge is 0.695 e. The molecule has 1 aromatic rings. The highest BCUT2D eigenvalue weighted by atomic mass is 31.1. The van der Waals surface area contributed by atoms with Gasteiger partial charge >= 0.3 is 8.25 Å². The lowest BCUT2D eigenvalue weighted by molar-refractivity contribution is 0.271. The Morgan fingerprint density at radius 1 is 1.27 bits per heavy atom. The van der Waals surface area contributed by atoms with Crippen molar-refractivity contribution in [3.05, 3.63) is 23.8 Å². The minimum absolute atomic E-state index is 0.0616. The highest BCUT2D eigenvalue weighted by Gasteiger charge is 2.13. The quantitative estimate of drug-likeness (QED) is 0.783. The van der Waals surface area contributed by atoms with Gasteiger partial charge < -0.3 is 9.47 Å². The molecule has 0 aliphatic carbocycles. The van der Waals surface area contributed by atoms with Gasteiger partial charge in [-0.05, 0) is 17.7 Å². The molecule has 0 fully saturated rings. The van der Waals surface area contributed by atoms with Crippen LogP contribution in [0.25, 0.3) is 0 Å². The van der Waals surface area contributed by atoms with Crippen molar-refractivity contribution in [3.63, 3.8) is 0 Å². The van der Waals surface area contributed by atoms with Crippen LogP contribution >= 0.6 is 8.25 Å². The average Bonchev–Trinajstić information content (AvgIpc) is 2.25. The van der Waals surface area contributed by atoms with Gasteiger partial charge in [-0.25, -0.2) is 0 Å². The summed E-state index contributed by atoms with van der Waals surface area (Å²) in [7, 11) is 0.492. The number of ether oxygens (including phenoxy) is 2. The maximum Gasteiger partial charge on any atom is 0.695 e. The Morgan fingerprint density at radius 3 is 2.47 bits per heavy atom. The first-order valence-corrected chi connectivity index (χ1v) is 5.30. The molecule has 15 heavy (non-hydrogen) atoms. The summed E-state index contributed by atoms with van der Waals surface area (Å²) in [6.45, 7) is 0.0616. The van der Waals surface area contributed by atoms with Crippen LogP contribution in [0, 0.1) is 0 Å². The fraction of sp³-hybridized carbons (Fsp3) is 0.333. The maximum absolute atomic E-state index is 10.3. The van der Waals surface area contributed by atoms with Gasteiger partial charge in [0.05, 0.1) is 14.2 Å². The molecule has 1 unspecified atom stereocenters. The van der Waals surface area contributed by atoms with E-state index < -0.39 is 8.25 Å². The second-order valence-electron chi connectivity index (χ2n) is 2.70. The molecule has 0 bridgehead atoms. The summed E-state index contributed by atoms with van der Waals surface area (Å²) in [5.74, 6) is 1.17. The number of hydrogen-bond acceptors (Lipinski definition) is 4. The molecule has 0 aliphatic rings. The molecule has 0 aliphatic heterocycles. The Bertz CT molecular complexity index is 352. The van der Waals surface area contributed by atoms with Crippen LogP contribution < -0.4 is 9.47 Å². The third-order valence-corrected chi connectivity index (χ3v) is 2.14. The molecule has 0 heterocycles. The zero-order chi connectivity index (χ0) is 11.3. The first kappa shape index (κ1) is 11.9. The molecule has 1 aromatic carbocycles. The van der Waals surface area contributed by atoms with E-state index in [1.807, 2.05) is 0 Å². The van der Waals surface area contributed by atoms with E-state index in [0.29, 0.717) is 11.5 Å². The van der Waals surface area contributed by atoms with Crippen LogP contribution in [-0.2, 0) is 15.7 Å².